The van der Waals surface area contributed by atoms with Gasteiger partial charge in [0.25, 0.3) is 0 Å². The summed E-state index contributed by atoms with van der Waals surface area (Å²) in [6.45, 7) is 6.43. The summed E-state index contributed by atoms with van der Waals surface area (Å²) >= 11 is 0. The van der Waals surface area contributed by atoms with Gasteiger partial charge in [-0.05, 0) is 51.4 Å². The van der Waals surface area contributed by atoms with Gasteiger partial charge in [-0.1, -0.05) is 0 Å². The molecule has 0 unspecified atom stereocenters. The molecule has 0 saturated carbocycles. The van der Waals surface area contributed by atoms with Gasteiger partial charge >= 0.3 is 0 Å². The molecule has 1 fully saturated rings. The predicted octanol–water partition coefficient (Wildman–Crippen LogP) is 2.05. The predicted molar refractivity (Wildman–Crippen MR) is 80.4 cm³/mol. The van der Waals surface area contributed by atoms with Gasteiger partial charge in [-0.2, -0.15) is 0 Å². The summed E-state index contributed by atoms with van der Waals surface area (Å²) in [6.07, 6.45) is 5.44. The zero-order valence-corrected chi connectivity index (χ0v) is 12.2. The van der Waals surface area contributed by atoms with Crippen molar-refractivity contribution in [3.05, 3.63) is 18.3 Å². The number of nitrogens with one attached hydrogen (secondary N) is 2. The van der Waals surface area contributed by atoms with Crippen LogP contribution >= 0.6 is 0 Å². The van der Waals surface area contributed by atoms with Crippen LogP contribution in [0.15, 0.2) is 18.3 Å². The summed E-state index contributed by atoms with van der Waals surface area (Å²) in [5, 5.41) is 6.65. The Morgan fingerprint density at radius 3 is 3.05 bits per heavy atom. The smallest absolute Gasteiger partial charge is 0.168 e. The van der Waals surface area contributed by atoms with Gasteiger partial charge in [0.15, 0.2) is 11.6 Å². The summed E-state index contributed by atoms with van der Waals surface area (Å²) in [6, 6.07) is 3.82. The van der Waals surface area contributed by atoms with Crippen LogP contribution in [-0.2, 0) is 4.74 Å². The summed E-state index contributed by atoms with van der Waals surface area (Å²) < 4.78 is 11.4. The lowest BCUT2D eigenvalue weighted by Gasteiger charge is -2.22. The largest absolute Gasteiger partial charge is 0.490 e. The van der Waals surface area contributed by atoms with Crippen molar-refractivity contribution >= 4 is 5.82 Å². The zero-order chi connectivity index (χ0) is 14.0. The highest BCUT2D eigenvalue weighted by Crippen LogP contribution is 2.20. The van der Waals surface area contributed by atoms with Crippen LogP contribution in [-0.4, -0.2) is 43.9 Å². The van der Waals surface area contributed by atoms with Crippen LogP contribution in [0.3, 0.4) is 0 Å². The molecule has 1 aliphatic heterocycles. The van der Waals surface area contributed by atoms with Crippen LogP contribution < -0.4 is 15.4 Å². The van der Waals surface area contributed by atoms with Crippen LogP contribution in [0, 0.1) is 0 Å². The molecule has 20 heavy (non-hydrogen) atoms. The number of aromatic nitrogens is 1. The molecular weight excluding hydrogens is 254 g/mol. The number of piperidine rings is 1. The van der Waals surface area contributed by atoms with Crippen LogP contribution in [0.5, 0.6) is 5.75 Å². The second-order valence-corrected chi connectivity index (χ2v) is 4.88. The third-order valence-electron chi connectivity index (χ3n) is 3.32. The third kappa shape index (κ3) is 4.98. The standard InChI is InChI=1S/C15H25N3O2/c1-2-19-14-5-3-8-17-15(14)18-9-4-12-20-13-6-10-16-11-7-13/h3,5,8,13,16H,2,4,6-7,9-12H2,1H3,(H,17,18). The van der Waals surface area contributed by atoms with Gasteiger partial charge in [-0.3, -0.25) is 0 Å². The fraction of sp³-hybridized carbons (Fsp3) is 0.667. The molecule has 112 valence electrons. The van der Waals surface area contributed by atoms with Gasteiger partial charge in [-0.15, -0.1) is 0 Å². The van der Waals surface area contributed by atoms with Gasteiger partial charge in [0.05, 0.1) is 12.7 Å². The first-order chi connectivity index (χ1) is 9.90. The molecule has 2 N–H and O–H groups in total. The Morgan fingerprint density at radius 2 is 2.25 bits per heavy atom. The Kier molecular flexibility index (Phi) is 6.60. The normalized spacial score (nSPS) is 16.1. The minimum atomic E-state index is 0.435. The van der Waals surface area contributed by atoms with Crippen molar-refractivity contribution in [2.24, 2.45) is 0 Å². The van der Waals surface area contributed by atoms with Gasteiger partial charge in [0.1, 0.15) is 0 Å². The van der Waals surface area contributed by atoms with E-state index in [4.69, 9.17) is 9.47 Å². The van der Waals surface area contributed by atoms with E-state index >= 15 is 0 Å². The first-order valence-electron chi connectivity index (χ1n) is 7.54. The molecule has 5 heteroatoms. The van der Waals surface area contributed by atoms with Crippen molar-refractivity contribution < 1.29 is 9.47 Å². The minimum absolute atomic E-state index is 0.435. The number of rotatable bonds is 8. The molecular formula is C15H25N3O2. The number of nitrogens with zero attached hydrogens (tertiary/aromatic N) is 1. The molecule has 1 saturated heterocycles. The molecule has 0 spiro atoms. The van der Waals surface area contributed by atoms with E-state index in [0.717, 1.165) is 57.1 Å². The Bertz CT molecular complexity index is 381. The lowest BCUT2D eigenvalue weighted by molar-refractivity contribution is 0.0329. The number of anilines is 1. The Hall–Kier alpha value is -1.33. The average molecular weight is 279 g/mol. The first kappa shape index (κ1) is 15.1. The van der Waals surface area contributed by atoms with Crippen molar-refractivity contribution in [3.63, 3.8) is 0 Å². The summed E-state index contributed by atoms with van der Waals surface area (Å²) in [7, 11) is 0. The van der Waals surface area contributed by atoms with E-state index in [2.05, 4.69) is 15.6 Å². The van der Waals surface area contributed by atoms with Gasteiger partial charge < -0.3 is 20.1 Å². The maximum Gasteiger partial charge on any atom is 0.168 e. The van der Waals surface area contributed by atoms with E-state index < -0.39 is 0 Å². The Morgan fingerprint density at radius 1 is 1.40 bits per heavy atom. The van der Waals surface area contributed by atoms with Crippen molar-refractivity contribution in [1.82, 2.24) is 10.3 Å². The number of ether oxygens (including phenoxy) is 2. The molecule has 2 rings (SSSR count). The van der Waals surface area contributed by atoms with Gasteiger partial charge in [-0.25, -0.2) is 4.98 Å². The minimum Gasteiger partial charge on any atom is -0.490 e. The zero-order valence-electron chi connectivity index (χ0n) is 12.2. The quantitative estimate of drug-likeness (QED) is 0.713. The molecule has 1 aliphatic rings. The topological polar surface area (TPSA) is 55.4 Å². The highest BCUT2D eigenvalue weighted by Gasteiger charge is 2.12. The van der Waals surface area contributed by atoms with E-state index in [0.29, 0.717) is 12.7 Å². The molecule has 1 aromatic heterocycles. The number of hydrogen-bond donors (Lipinski definition) is 2. The molecule has 0 amide bonds. The summed E-state index contributed by atoms with van der Waals surface area (Å²) in [5.41, 5.74) is 0. The second-order valence-electron chi connectivity index (χ2n) is 4.88. The maximum atomic E-state index is 5.87. The van der Waals surface area contributed by atoms with Crippen molar-refractivity contribution in [1.29, 1.82) is 0 Å². The molecule has 1 aromatic rings. The Labute approximate surface area is 121 Å². The lowest BCUT2D eigenvalue weighted by atomic mass is 10.1. The highest BCUT2D eigenvalue weighted by atomic mass is 16.5. The average Bonchev–Trinajstić information content (AvgIpc) is 2.50. The Balaban J connectivity index is 1.63. The molecule has 0 radical (unpaired) electrons. The highest BCUT2D eigenvalue weighted by molar-refractivity contribution is 5.49. The van der Waals surface area contributed by atoms with Crippen LogP contribution in [0.25, 0.3) is 0 Å². The van der Waals surface area contributed by atoms with E-state index in [9.17, 15) is 0 Å². The van der Waals surface area contributed by atoms with Crippen LogP contribution in [0.2, 0.25) is 0 Å². The van der Waals surface area contributed by atoms with Crippen molar-refractivity contribution in [3.8, 4) is 5.75 Å². The molecule has 0 atom stereocenters. The van der Waals surface area contributed by atoms with E-state index in [1.165, 1.54) is 0 Å². The fourth-order valence-electron chi connectivity index (χ4n) is 2.29. The van der Waals surface area contributed by atoms with Gasteiger partial charge in [0, 0.05) is 19.3 Å². The maximum absolute atomic E-state index is 5.87. The molecule has 0 aromatic carbocycles. The second kappa shape index (κ2) is 8.76. The molecule has 0 aliphatic carbocycles. The van der Waals surface area contributed by atoms with Gasteiger partial charge in [0.2, 0.25) is 0 Å². The lowest BCUT2D eigenvalue weighted by Crippen LogP contribution is -2.32. The van der Waals surface area contributed by atoms with E-state index in [1.54, 1.807) is 6.20 Å². The molecule has 2 heterocycles. The molecule has 5 nitrogen and oxygen atoms in total. The SMILES string of the molecule is CCOc1cccnc1NCCCOC1CCNCC1. The fourth-order valence-corrected chi connectivity index (χ4v) is 2.29. The van der Waals surface area contributed by atoms with Crippen molar-refractivity contribution in [2.45, 2.75) is 32.3 Å². The first-order valence-corrected chi connectivity index (χ1v) is 7.54. The third-order valence-corrected chi connectivity index (χ3v) is 3.32. The summed E-state index contributed by atoms with van der Waals surface area (Å²) in [5.74, 6) is 1.63. The van der Waals surface area contributed by atoms with Crippen LogP contribution in [0.1, 0.15) is 26.2 Å². The summed E-state index contributed by atoms with van der Waals surface area (Å²) in [4.78, 5) is 4.30. The van der Waals surface area contributed by atoms with E-state index in [1.807, 2.05) is 19.1 Å². The van der Waals surface area contributed by atoms with E-state index in [-0.39, 0.29) is 0 Å². The number of hydrogen-bond acceptors (Lipinski definition) is 5. The van der Waals surface area contributed by atoms with Crippen molar-refractivity contribution in [2.75, 3.05) is 38.2 Å². The van der Waals surface area contributed by atoms with Crippen LogP contribution in [0.4, 0.5) is 5.82 Å². The molecule has 0 bridgehead atoms. The number of pyridine rings is 1. The monoisotopic (exact) mass is 279 g/mol.